The van der Waals surface area contributed by atoms with E-state index in [9.17, 15) is 8.42 Å². The van der Waals surface area contributed by atoms with E-state index in [2.05, 4.69) is 4.72 Å². The lowest BCUT2D eigenvalue weighted by Gasteiger charge is -2.11. The summed E-state index contributed by atoms with van der Waals surface area (Å²) in [5, 5.41) is 2.11. The predicted octanol–water partition coefficient (Wildman–Crippen LogP) is 4.72. The van der Waals surface area contributed by atoms with E-state index in [1.807, 2.05) is 49.4 Å². The third-order valence-corrected chi connectivity index (χ3v) is 4.48. The number of benzene rings is 3. The van der Waals surface area contributed by atoms with Crippen molar-refractivity contribution in [3.63, 3.8) is 0 Å². The van der Waals surface area contributed by atoms with Crippen molar-refractivity contribution in [2.45, 2.75) is 13.3 Å². The van der Waals surface area contributed by atoms with Crippen molar-refractivity contribution in [1.82, 2.24) is 0 Å². The Morgan fingerprint density at radius 2 is 1.64 bits per heavy atom. The maximum Gasteiger partial charge on any atom is 0.359 e. The average Bonchev–Trinajstić information content (AvgIpc) is 2.62. The Bertz CT molecular complexity index is 947. The third-order valence-electron chi connectivity index (χ3n) is 3.52. The lowest BCUT2D eigenvalue weighted by molar-refractivity contribution is 0.321. The molecule has 0 amide bonds. The summed E-state index contributed by atoms with van der Waals surface area (Å²) in [4.78, 5) is 0. The molecule has 0 heterocycles. The first-order valence-electron chi connectivity index (χ1n) is 8.00. The smallest absolute Gasteiger partial charge is 0.359 e. The van der Waals surface area contributed by atoms with Crippen LogP contribution in [0.2, 0.25) is 0 Å². The average molecular weight is 357 g/mol. The van der Waals surface area contributed by atoms with Gasteiger partial charge in [0.05, 0.1) is 12.3 Å². The molecule has 0 saturated heterocycles. The van der Waals surface area contributed by atoms with Crippen molar-refractivity contribution in [1.29, 1.82) is 0 Å². The number of fused-ring (bicyclic) bond motifs is 1. The van der Waals surface area contributed by atoms with E-state index < -0.39 is 10.3 Å². The van der Waals surface area contributed by atoms with Gasteiger partial charge in [0, 0.05) is 5.39 Å². The molecular formula is C19H19NO4S. The number of hydrogen-bond acceptors (Lipinski definition) is 4. The van der Waals surface area contributed by atoms with E-state index in [4.69, 9.17) is 8.92 Å². The summed E-state index contributed by atoms with van der Waals surface area (Å²) in [5.74, 6) is 1.37. The van der Waals surface area contributed by atoms with Gasteiger partial charge in [0.1, 0.15) is 11.5 Å². The molecule has 0 aliphatic carbocycles. The number of ether oxygens (including phenoxy) is 1. The van der Waals surface area contributed by atoms with Gasteiger partial charge in [-0.3, -0.25) is 8.91 Å². The maximum absolute atomic E-state index is 11.7. The quantitative estimate of drug-likeness (QED) is 0.665. The lowest BCUT2D eigenvalue weighted by Crippen LogP contribution is -2.16. The first-order valence-corrected chi connectivity index (χ1v) is 9.41. The Balaban J connectivity index is 1.74. The van der Waals surface area contributed by atoms with E-state index >= 15 is 0 Å². The SMILES string of the molecule is CCCOS(=O)(=O)Nc1ccc(Oc2cccc3ccccc23)cc1. The van der Waals surface area contributed by atoms with Crippen LogP contribution in [0.3, 0.4) is 0 Å². The van der Waals surface area contributed by atoms with Crippen LogP contribution in [0.1, 0.15) is 13.3 Å². The second-order valence-electron chi connectivity index (χ2n) is 5.48. The molecule has 130 valence electrons. The largest absolute Gasteiger partial charge is 0.457 e. The summed E-state index contributed by atoms with van der Waals surface area (Å²) in [6.07, 6.45) is 0.624. The van der Waals surface area contributed by atoms with Crippen molar-refractivity contribution < 1.29 is 17.3 Å². The second-order valence-corrected chi connectivity index (χ2v) is 6.83. The zero-order valence-corrected chi connectivity index (χ0v) is 14.6. The van der Waals surface area contributed by atoms with Gasteiger partial charge in [0.25, 0.3) is 0 Å². The van der Waals surface area contributed by atoms with E-state index in [1.54, 1.807) is 24.3 Å². The topological polar surface area (TPSA) is 64.6 Å². The highest BCUT2D eigenvalue weighted by Crippen LogP contribution is 2.30. The second kappa shape index (κ2) is 7.55. The Morgan fingerprint density at radius 3 is 2.40 bits per heavy atom. The molecule has 0 fully saturated rings. The van der Waals surface area contributed by atoms with Gasteiger partial charge in [0.15, 0.2) is 0 Å². The molecule has 0 saturated carbocycles. The normalized spacial score (nSPS) is 11.4. The molecule has 0 aromatic heterocycles. The van der Waals surface area contributed by atoms with Crippen LogP contribution in [0.4, 0.5) is 5.69 Å². The number of hydrogen-bond donors (Lipinski definition) is 1. The van der Waals surface area contributed by atoms with Gasteiger partial charge in [-0.05, 0) is 42.1 Å². The molecule has 0 spiro atoms. The Hall–Kier alpha value is -2.57. The van der Waals surface area contributed by atoms with Gasteiger partial charge in [-0.25, -0.2) is 0 Å². The molecule has 1 N–H and O–H groups in total. The molecule has 0 bridgehead atoms. The van der Waals surface area contributed by atoms with Gasteiger partial charge in [-0.2, -0.15) is 8.42 Å². The minimum absolute atomic E-state index is 0.150. The molecule has 3 aromatic rings. The fraction of sp³-hybridized carbons (Fsp3) is 0.158. The monoisotopic (exact) mass is 357 g/mol. The van der Waals surface area contributed by atoms with E-state index in [0.717, 1.165) is 16.5 Å². The predicted molar refractivity (Wildman–Crippen MR) is 99.2 cm³/mol. The molecule has 0 aliphatic heterocycles. The molecule has 0 atom stereocenters. The molecule has 25 heavy (non-hydrogen) atoms. The van der Waals surface area contributed by atoms with Gasteiger partial charge in [-0.15, -0.1) is 0 Å². The third kappa shape index (κ3) is 4.49. The summed E-state index contributed by atoms with van der Waals surface area (Å²) < 4.78 is 36.5. The van der Waals surface area contributed by atoms with Crippen LogP contribution in [-0.2, 0) is 14.5 Å². The lowest BCUT2D eigenvalue weighted by atomic mass is 10.1. The molecule has 0 aliphatic rings. The van der Waals surface area contributed by atoms with Crippen molar-refractivity contribution in [2.75, 3.05) is 11.3 Å². The number of rotatable bonds is 7. The molecule has 5 nitrogen and oxygen atoms in total. The highest BCUT2D eigenvalue weighted by Gasteiger charge is 2.10. The van der Waals surface area contributed by atoms with Crippen molar-refractivity contribution in [3.8, 4) is 11.5 Å². The fourth-order valence-electron chi connectivity index (χ4n) is 2.37. The van der Waals surface area contributed by atoms with E-state index in [1.165, 1.54) is 0 Å². The van der Waals surface area contributed by atoms with Gasteiger partial charge >= 0.3 is 10.3 Å². The summed E-state index contributed by atoms with van der Waals surface area (Å²) >= 11 is 0. The standard InChI is InChI=1S/C19H19NO4S/c1-2-14-23-25(21,22)20-16-10-12-17(13-11-16)24-19-9-5-7-15-6-3-4-8-18(15)19/h3-13,20H,2,14H2,1H3. The number of nitrogens with one attached hydrogen (secondary N) is 1. The van der Waals surface area contributed by atoms with Crippen molar-refractivity contribution in [2.24, 2.45) is 0 Å². The highest BCUT2D eigenvalue weighted by molar-refractivity contribution is 7.88. The summed E-state index contributed by atoms with van der Waals surface area (Å²) in [5.41, 5.74) is 0.418. The summed E-state index contributed by atoms with van der Waals surface area (Å²) in [6, 6.07) is 20.5. The Morgan fingerprint density at radius 1 is 0.920 bits per heavy atom. The molecular weight excluding hydrogens is 338 g/mol. The van der Waals surface area contributed by atoms with Crippen LogP contribution < -0.4 is 9.46 Å². The first-order chi connectivity index (χ1) is 12.1. The van der Waals surface area contributed by atoms with Crippen LogP contribution in [0.25, 0.3) is 10.8 Å². The molecule has 3 rings (SSSR count). The molecule has 6 heteroatoms. The number of anilines is 1. The van der Waals surface area contributed by atoms with Crippen LogP contribution in [0, 0.1) is 0 Å². The fourth-order valence-corrected chi connectivity index (χ4v) is 3.24. The van der Waals surface area contributed by atoms with Gasteiger partial charge in [-0.1, -0.05) is 43.3 Å². The van der Waals surface area contributed by atoms with Crippen LogP contribution in [0.15, 0.2) is 66.7 Å². The summed E-state index contributed by atoms with van der Waals surface area (Å²) in [7, 11) is -3.79. The van der Waals surface area contributed by atoms with Crippen LogP contribution >= 0.6 is 0 Å². The molecule has 0 radical (unpaired) electrons. The van der Waals surface area contributed by atoms with E-state index in [0.29, 0.717) is 17.9 Å². The molecule has 0 unspecified atom stereocenters. The van der Waals surface area contributed by atoms with E-state index in [-0.39, 0.29) is 6.61 Å². The first kappa shape index (κ1) is 17.3. The Labute approximate surface area is 147 Å². The van der Waals surface area contributed by atoms with Gasteiger partial charge in [0.2, 0.25) is 0 Å². The molecule has 3 aromatic carbocycles. The Kier molecular flexibility index (Phi) is 5.21. The minimum atomic E-state index is -3.79. The maximum atomic E-state index is 11.7. The zero-order valence-electron chi connectivity index (χ0n) is 13.8. The van der Waals surface area contributed by atoms with Crippen molar-refractivity contribution >= 4 is 26.8 Å². The minimum Gasteiger partial charge on any atom is -0.457 e. The summed E-state index contributed by atoms with van der Waals surface area (Å²) in [6.45, 7) is 1.99. The highest BCUT2D eigenvalue weighted by atomic mass is 32.2. The van der Waals surface area contributed by atoms with Crippen LogP contribution in [-0.4, -0.2) is 15.0 Å². The zero-order chi connectivity index (χ0) is 17.7. The van der Waals surface area contributed by atoms with Crippen molar-refractivity contribution in [3.05, 3.63) is 66.7 Å². The van der Waals surface area contributed by atoms with Gasteiger partial charge < -0.3 is 4.74 Å². The van der Waals surface area contributed by atoms with Crippen LogP contribution in [0.5, 0.6) is 11.5 Å².